The average molecular weight is 432 g/mol. The van der Waals surface area contributed by atoms with Crippen molar-refractivity contribution in [3.05, 3.63) is 65.2 Å². The molecule has 2 aromatic carbocycles. The lowest BCUT2D eigenvalue weighted by Crippen LogP contribution is -2.34. The van der Waals surface area contributed by atoms with Crippen molar-refractivity contribution in [2.45, 2.75) is 19.8 Å². The zero-order valence-electron chi connectivity index (χ0n) is 16.9. The van der Waals surface area contributed by atoms with Crippen molar-refractivity contribution in [2.75, 3.05) is 24.1 Å². The van der Waals surface area contributed by atoms with E-state index in [1.165, 1.54) is 24.3 Å². The molecule has 30 heavy (non-hydrogen) atoms. The van der Waals surface area contributed by atoms with Gasteiger partial charge in [-0.1, -0.05) is 29.8 Å². The van der Waals surface area contributed by atoms with E-state index in [0.29, 0.717) is 16.8 Å². The minimum Gasteiger partial charge on any atom is -0.354 e. The quantitative estimate of drug-likeness (QED) is 0.392. The van der Waals surface area contributed by atoms with Crippen LogP contribution in [0.2, 0.25) is 0 Å². The third kappa shape index (κ3) is 8.04. The SMILES string of the molecule is Cc1ccc(C(=O)CCC(=O)NCCNC(=O)c2ccc(NS(C)(=O)=O)cc2)cc1. The van der Waals surface area contributed by atoms with Crippen LogP contribution in [0.1, 0.15) is 39.1 Å². The number of benzene rings is 2. The molecular formula is C21H25N3O5S. The fraction of sp³-hybridized carbons (Fsp3) is 0.286. The van der Waals surface area contributed by atoms with Crippen molar-refractivity contribution in [2.24, 2.45) is 0 Å². The molecule has 0 aliphatic carbocycles. The van der Waals surface area contributed by atoms with Crippen molar-refractivity contribution < 1.29 is 22.8 Å². The largest absolute Gasteiger partial charge is 0.354 e. The van der Waals surface area contributed by atoms with E-state index >= 15 is 0 Å². The molecule has 3 N–H and O–H groups in total. The van der Waals surface area contributed by atoms with Gasteiger partial charge in [0.2, 0.25) is 15.9 Å². The second kappa shape index (κ2) is 10.5. The summed E-state index contributed by atoms with van der Waals surface area (Å²) in [5, 5.41) is 5.32. The molecule has 8 nitrogen and oxygen atoms in total. The Bertz CT molecular complexity index is 1000. The lowest BCUT2D eigenvalue weighted by molar-refractivity contribution is -0.121. The Morgan fingerprint density at radius 2 is 1.37 bits per heavy atom. The van der Waals surface area contributed by atoms with Gasteiger partial charge in [-0.05, 0) is 31.2 Å². The average Bonchev–Trinajstić information content (AvgIpc) is 2.69. The van der Waals surface area contributed by atoms with Crippen LogP contribution in [0.3, 0.4) is 0 Å². The summed E-state index contributed by atoms with van der Waals surface area (Å²) < 4.78 is 24.7. The number of anilines is 1. The molecule has 0 unspecified atom stereocenters. The fourth-order valence-electron chi connectivity index (χ4n) is 2.58. The molecule has 2 amide bonds. The number of amides is 2. The van der Waals surface area contributed by atoms with Gasteiger partial charge in [-0.2, -0.15) is 0 Å². The molecule has 0 heterocycles. The summed E-state index contributed by atoms with van der Waals surface area (Å²) >= 11 is 0. The zero-order chi connectivity index (χ0) is 22.1. The number of ketones is 1. The molecule has 0 aliphatic rings. The number of carbonyl (C=O) groups excluding carboxylic acids is 3. The first-order valence-electron chi connectivity index (χ1n) is 9.37. The molecule has 0 saturated carbocycles. The van der Waals surface area contributed by atoms with E-state index < -0.39 is 10.0 Å². The summed E-state index contributed by atoms with van der Waals surface area (Å²) in [4.78, 5) is 36.0. The van der Waals surface area contributed by atoms with Gasteiger partial charge in [0.1, 0.15) is 0 Å². The number of carbonyl (C=O) groups is 3. The van der Waals surface area contributed by atoms with Crippen molar-refractivity contribution in [3.8, 4) is 0 Å². The molecule has 0 radical (unpaired) electrons. The Hall–Kier alpha value is -3.20. The van der Waals surface area contributed by atoms with E-state index in [1.807, 2.05) is 19.1 Å². The van der Waals surface area contributed by atoms with Gasteiger partial charge >= 0.3 is 0 Å². The van der Waals surface area contributed by atoms with Gasteiger partial charge in [0.15, 0.2) is 5.78 Å². The number of nitrogens with one attached hydrogen (secondary N) is 3. The smallest absolute Gasteiger partial charge is 0.251 e. The Morgan fingerprint density at radius 1 is 0.800 bits per heavy atom. The highest BCUT2D eigenvalue weighted by Crippen LogP contribution is 2.11. The van der Waals surface area contributed by atoms with Gasteiger partial charge in [-0.3, -0.25) is 19.1 Å². The summed E-state index contributed by atoms with van der Waals surface area (Å²) in [6.45, 7) is 2.39. The van der Waals surface area contributed by atoms with E-state index in [0.717, 1.165) is 11.8 Å². The lowest BCUT2D eigenvalue weighted by atomic mass is 10.1. The molecule has 9 heteroatoms. The minimum absolute atomic E-state index is 0.0788. The van der Waals surface area contributed by atoms with Gasteiger partial charge in [0.05, 0.1) is 6.26 Å². The van der Waals surface area contributed by atoms with Gasteiger partial charge in [-0.15, -0.1) is 0 Å². The van der Waals surface area contributed by atoms with Gasteiger partial charge in [-0.25, -0.2) is 8.42 Å². The predicted molar refractivity (Wildman–Crippen MR) is 115 cm³/mol. The second-order valence-electron chi connectivity index (χ2n) is 6.85. The van der Waals surface area contributed by atoms with Crippen molar-refractivity contribution >= 4 is 33.3 Å². The van der Waals surface area contributed by atoms with Crippen molar-refractivity contribution in [3.63, 3.8) is 0 Å². The molecule has 0 saturated heterocycles. The highest BCUT2D eigenvalue weighted by molar-refractivity contribution is 7.92. The topological polar surface area (TPSA) is 121 Å². The monoisotopic (exact) mass is 431 g/mol. The van der Waals surface area contributed by atoms with E-state index in [4.69, 9.17) is 0 Å². The van der Waals surface area contributed by atoms with Crippen molar-refractivity contribution in [1.82, 2.24) is 10.6 Å². The first-order valence-corrected chi connectivity index (χ1v) is 11.3. The standard InChI is InChI=1S/C21H25N3O5S/c1-15-3-5-16(6-4-15)19(25)11-12-20(26)22-13-14-23-21(27)17-7-9-18(10-8-17)24-30(2,28)29/h3-10,24H,11-14H2,1-2H3,(H,22,26)(H,23,27). The number of sulfonamides is 1. The van der Waals surface area contributed by atoms with Crippen LogP contribution in [-0.2, 0) is 14.8 Å². The number of rotatable bonds is 10. The van der Waals surface area contributed by atoms with E-state index in [1.54, 1.807) is 12.1 Å². The highest BCUT2D eigenvalue weighted by Gasteiger charge is 2.10. The Balaban J connectivity index is 1.67. The second-order valence-corrected chi connectivity index (χ2v) is 8.60. The third-order valence-electron chi connectivity index (χ3n) is 4.14. The first-order chi connectivity index (χ1) is 14.1. The number of hydrogen-bond acceptors (Lipinski definition) is 5. The minimum atomic E-state index is -3.38. The predicted octanol–water partition coefficient (Wildman–Crippen LogP) is 1.88. The van der Waals surface area contributed by atoms with E-state index in [9.17, 15) is 22.8 Å². The van der Waals surface area contributed by atoms with Crippen molar-refractivity contribution in [1.29, 1.82) is 0 Å². The summed E-state index contributed by atoms with van der Waals surface area (Å²) in [5.41, 5.74) is 2.37. The number of hydrogen-bond donors (Lipinski definition) is 3. The molecule has 0 bridgehead atoms. The van der Waals surface area contributed by atoms with Gasteiger partial charge < -0.3 is 10.6 Å². The van der Waals surface area contributed by atoms with E-state index in [2.05, 4.69) is 15.4 Å². The maximum Gasteiger partial charge on any atom is 0.251 e. The van der Waals surface area contributed by atoms with Crippen LogP contribution >= 0.6 is 0 Å². The Labute approximate surface area is 176 Å². The normalized spacial score (nSPS) is 10.9. The fourth-order valence-corrected chi connectivity index (χ4v) is 3.15. The molecule has 2 rings (SSSR count). The van der Waals surface area contributed by atoms with Crippen LogP contribution in [0.4, 0.5) is 5.69 Å². The molecule has 0 spiro atoms. The summed E-state index contributed by atoms with van der Waals surface area (Å²) in [6, 6.07) is 13.2. The number of Topliss-reactive ketones (excluding diaryl/α,β-unsaturated/α-hetero) is 1. The van der Waals surface area contributed by atoms with Gasteiger partial charge in [0, 0.05) is 42.7 Å². The summed E-state index contributed by atoms with van der Waals surface area (Å²) in [7, 11) is -3.38. The lowest BCUT2D eigenvalue weighted by Gasteiger charge is -2.08. The van der Waals surface area contributed by atoms with Crippen LogP contribution < -0.4 is 15.4 Å². The Morgan fingerprint density at radius 3 is 1.97 bits per heavy atom. The molecule has 0 fully saturated rings. The molecular weight excluding hydrogens is 406 g/mol. The van der Waals surface area contributed by atoms with Crippen LogP contribution in [0.5, 0.6) is 0 Å². The van der Waals surface area contributed by atoms with Crippen LogP contribution in [-0.4, -0.2) is 45.4 Å². The van der Waals surface area contributed by atoms with Crippen LogP contribution in [0, 0.1) is 6.92 Å². The Kier molecular flexibility index (Phi) is 8.11. The molecule has 0 aromatic heterocycles. The van der Waals surface area contributed by atoms with Gasteiger partial charge in [0.25, 0.3) is 5.91 Å². The van der Waals surface area contributed by atoms with Crippen LogP contribution in [0.15, 0.2) is 48.5 Å². The molecule has 0 aliphatic heterocycles. The third-order valence-corrected chi connectivity index (χ3v) is 4.74. The molecule has 0 atom stereocenters. The summed E-state index contributed by atoms with van der Waals surface area (Å²) in [6.07, 6.45) is 1.24. The van der Waals surface area contributed by atoms with Crippen LogP contribution in [0.25, 0.3) is 0 Å². The highest BCUT2D eigenvalue weighted by atomic mass is 32.2. The maximum absolute atomic E-state index is 12.1. The maximum atomic E-state index is 12.1. The number of aryl methyl sites for hydroxylation is 1. The van der Waals surface area contributed by atoms with E-state index in [-0.39, 0.29) is 43.5 Å². The summed E-state index contributed by atoms with van der Waals surface area (Å²) in [5.74, 6) is -0.696. The molecule has 2 aromatic rings. The first kappa shape index (κ1) is 23.1. The zero-order valence-corrected chi connectivity index (χ0v) is 17.7. The molecule has 160 valence electrons.